The van der Waals surface area contributed by atoms with Crippen LogP contribution in [0.5, 0.6) is 11.5 Å². The molecule has 3 aromatic rings. The van der Waals surface area contributed by atoms with Crippen LogP contribution in [-0.2, 0) is 4.74 Å². The molecule has 0 saturated carbocycles. The first kappa shape index (κ1) is 24.7. The van der Waals surface area contributed by atoms with Crippen LogP contribution in [0.2, 0.25) is 0 Å². The lowest BCUT2D eigenvalue weighted by atomic mass is 10.0. The fourth-order valence-corrected chi connectivity index (χ4v) is 3.31. The summed E-state index contributed by atoms with van der Waals surface area (Å²) in [7, 11) is 1.57. The molecule has 0 spiro atoms. The van der Waals surface area contributed by atoms with Crippen molar-refractivity contribution in [3.05, 3.63) is 89.5 Å². The third kappa shape index (κ3) is 7.04. The average Bonchev–Trinajstić information content (AvgIpc) is 2.83. The minimum absolute atomic E-state index is 0.339. The third-order valence-electron chi connectivity index (χ3n) is 5.10. The number of hydrogen-bond donors (Lipinski definition) is 0. The predicted octanol–water partition coefficient (Wildman–Crippen LogP) is 6.40. The second kappa shape index (κ2) is 11.3. The maximum Gasteiger partial charge on any atom is 0.343 e. The Morgan fingerprint density at radius 1 is 0.824 bits per heavy atom. The molecule has 3 aromatic carbocycles. The van der Waals surface area contributed by atoms with Crippen molar-refractivity contribution in [2.45, 2.75) is 39.2 Å². The number of ether oxygens (including phenoxy) is 3. The van der Waals surface area contributed by atoms with E-state index in [0.717, 1.165) is 18.4 Å². The number of benzene rings is 3. The van der Waals surface area contributed by atoms with Crippen molar-refractivity contribution in [1.29, 1.82) is 0 Å². The van der Waals surface area contributed by atoms with E-state index in [1.807, 2.05) is 26.0 Å². The first-order valence-electron chi connectivity index (χ1n) is 11.1. The summed E-state index contributed by atoms with van der Waals surface area (Å²) >= 11 is 0. The van der Waals surface area contributed by atoms with Gasteiger partial charge < -0.3 is 14.2 Å². The van der Waals surface area contributed by atoms with Crippen LogP contribution in [0.25, 0.3) is 0 Å². The van der Waals surface area contributed by atoms with Crippen LogP contribution in [0.1, 0.15) is 59.9 Å². The van der Waals surface area contributed by atoms with Gasteiger partial charge in [-0.25, -0.2) is 9.59 Å². The maximum absolute atomic E-state index is 12.4. The molecule has 6 nitrogen and oxygen atoms in total. The van der Waals surface area contributed by atoms with Crippen LogP contribution in [0, 0.1) is 0 Å². The van der Waals surface area contributed by atoms with Gasteiger partial charge in [-0.3, -0.25) is 4.99 Å². The molecule has 0 aromatic heterocycles. The van der Waals surface area contributed by atoms with Crippen LogP contribution in [-0.4, -0.2) is 30.9 Å². The smallest absolute Gasteiger partial charge is 0.343 e. The largest absolute Gasteiger partial charge is 0.497 e. The SMILES string of the molecule is CCCC(C)(C)OC(=O)c1ccc(N=Cc2ccc(OC(=O)c3ccc(OC)cc3)cc2)cc1. The molecule has 0 N–H and O–H groups in total. The second-order valence-electron chi connectivity index (χ2n) is 8.39. The summed E-state index contributed by atoms with van der Waals surface area (Å²) in [6, 6.07) is 20.7. The molecule has 3 rings (SSSR count). The van der Waals surface area contributed by atoms with Gasteiger partial charge in [-0.2, -0.15) is 0 Å². The number of hydrogen-bond acceptors (Lipinski definition) is 6. The first-order chi connectivity index (χ1) is 16.3. The highest BCUT2D eigenvalue weighted by Crippen LogP contribution is 2.21. The van der Waals surface area contributed by atoms with Crippen molar-refractivity contribution in [2.75, 3.05) is 7.11 Å². The van der Waals surface area contributed by atoms with Crippen molar-refractivity contribution < 1.29 is 23.8 Å². The van der Waals surface area contributed by atoms with Crippen LogP contribution in [0.4, 0.5) is 5.69 Å². The van der Waals surface area contributed by atoms with E-state index in [-0.39, 0.29) is 5.97 Å². The van der Waals surface area contributed by atoms with Gasteiger partial charge in [0.05, 0.1) is 23.9 Å². The zero-order valence-electron chi connectivity index (χ0n) is 19.9. The van der Waals surface area contributed by atoms with Crippen molar-refractivity contribution in [2.24, 2.45) is 4.99 Å². The van der Waals surface area contributed by atoms with Crippen LogP contribution < -0.4 is 9.47 Å². The quantitative estimate of drug-likeness (QED) is 0.210. The predicted molar refractivity (Wildman–Crippen MR) is 132 cm³/mol. The average molecular weight is 460 g/mol. The highest BCUT2D eigenvalue weighted by molar-refractivity contribution is 5.91. The van der Waals surface area contributed by atoms with E-state index < -0.39 is 11.6 Å². The van der Waals surface area contributed by atoms with Crippen molar-refractivity contribution in [3.8, 4) is 11.5 Å². The number of carbonyl (C=O) groups excluding carboxylic acids is 2. The molecule has 6 heteroatoms. The molecule has 0 unspecified atom stereocenters. The maximum atomic E-state index is 12.4. The Hall–Kier alpha value is -3.93. The van der Waals surface area contributed by atoms with Gasteiger partial charge >= 0.3 is 11.9 Å². The molecule has 34 heavy (non-hydrogen) atoms. The Balaban J connectivity index is 1.57. The van der Waals surface area contributed by atoms with E-state index in [2.05, 4.69) is 11.9 Å². The fourth-order valence-electron chi connectivity index (χ4n) is 3.31. The summed E-state index contributed by atoms with van der Waals surface area (Å²) in [5, 5.41) is 0. The summed E-state index contributed by atoms with van der Waals surface area (Å²) in [6.07, 6.45) is 3.45. The first-order valence-corrected chi connectivity index (χ1v) is 11.1. The molecule has 0 radical (unpaired) electrons. The lowest BCUT2D eigenvalue weighted by Crippen LogP contribution is -2.27. The van der Waals surface area contributed by atoms with Gasteiger partial charge in [0.1, 0.15) is 17.1 Å². The zero-order chi connectivity index (χ0) is 24.6. The molecule has 0 fully saturated rings. The molecule has 0 heterocycles. The Kier molecular flexibility index (Phi) is 8.19. The topological polar surface area (TPSA) is 74.2 Å². The van der Waals surface area contributed by atoms with Crippen LogP contribution in [0.3, 0.4) is 0 Å². The monoisotopic (exact) mass is 459 g/mol. The highest BCUT2D eigenvalue weighted by Gasteiger charge is 2.22. The Morgan fingerprint density at radius 3 is 1.97 bits per heavy atom. The molecule has 0 aliphatic heterocycles. The summed E-state index contributed by atoms with van der Waals surface area (Å²) in [5.74, 6) is 0.326. The number of methoxy groups -OCH3 is 1. The molecule has 0 aliphatic rings. The molecular weight excluding hydrogens is 430 g/mol. The van der Waals surface area contributed by atoms with E-state index in [1.54, 1.807) is 74.0 Å². The van der Waals surface area contributed by atoms with Crippen molar-refractivity contribution in [1.82, 2.24) is 0 Å². The van der Waals surface area contributed by atoms with E-state index in [4.69, 9.17) is 14.2 Å². The number of aliphatic imine (C=N–C) groups is 1. The summed E-state index contributed by atoms with van der Waals surface area (Å²) in [4.78, 5) is 29.1. The molecule has 0 atom stereocenters. The molecule has 0 amide bonds. The van der Waals surface area contributed by atoms with Gasteiger partial charge in [0.25, 0.3) is 0 Å². The molecule has 0 aliphatic carbocycles. The standard InChI is InChI=1S/C28H29NO5/c1-5-18-28(2,3)34-27(31)22-8-12-23(13-9-22)29-19-20-6-14-25(15-7-20)33-26(30)21-10-16-24(32-4)17-11-21/h6-17,19H,5,18H2,1-4H3. The Labute approximate surface area is 200 Å². The van der Waals surface area contributed by atoms with Crippen LogP contribution >= 0.6 is 0 Å². The summed E-state index contributed by atoms with van der Waals surface area (Å²) in [5.41, 5.74) is 1.99. The fraction of sp³-hybridized carbons (Fsp3) is 0.250. The van der Waals surface area contributed by atoms with E-state index in [9.17, 15) is 9.59 Å². The summed E-state index contributed by atoms with van der Waals surface area (Å²) in [6.45, 7) is 5.89. The minimum Gasteiger partial charge on any atom is -0.497 e. The number of carbonyl (C=O) groups is 2. The molecule has 0 bridgehead atoms. The Morgan fingerprint density at radius 2 is 1.38 bits per heavy atom. The minimum atomic E-state index is -0.488. The lowest BCUT2D eigenvalue weighted by molar-refractivity contribution is -0.00473. The number of nitrogens with zero attached hydrogens (tertiary/aromatic N) is 1. The van der Waals surface area contributed by atoms with Crippen molar-refractivity contribution in [3.63, 3.8) is 0 Å². The van der Waals surface area contributed by atoms with Gasteiger partial charge in [0.15, 0.2) is 0 Å². The van der Waals surface area contributed by atoms with Gasteiger partial charge in [-0.05, 0) is 98.6 Å². The molecule has 0 saturated heterocycles. The normalized spacial score (nSPS) is 11.3. The van der Waals surface area contributed by atoms with Gasteiger partial charge in [0.2, 0.25) is 0 Å². The highest BCUT2D eigenvalue weighted by atomic mass is 16.6. The van der Waals surface area contributed by atoms with Gasteiger partial charge in [0, 0.05) is 6.21 Å². The number of esters is 2. The second-order valence-corrected chi connectivity index (χ2v) is 8.39. The van der Waals surface area contributed by atoms with E-state index in [1.165, 1.54) is 0 Å². The summed E-state index contributed by atoms with van der Waals surface area (Å²) < 4.78 is 16.1. The van der Waals surface area contributed by atoms with Gasteiger partial charge in [-0.15, -0.1) is 0 Å². The van der Waals surface area contributed by atoms with Crippen molar-refractivity contribution >= 4 is 23.8 Å². The van der Waals surface area contributed by atoms with E-state index in [0.29, 0.717) is 28.3 Å². The lowest BCUT2D eigenvalue weighted by Gasteiger charge is -2.24. The van der Waals surface area contributed by atoms with Gasteiger partial charge in [-0.1, -0.05) is 13.3 Å². The Bertz CT molecular complexity index is 1130. The number of rotatable bonds is 9. The third-order valence-corrected chi connectivity index (χ3v) is 5.10. The van der Waals surface area contributed by atoms with Crippen LogP contribution in [0.15, 0.2) is 77.8 Å². The van der Waals surface area contributed by atoms with E-state index >= 15 is 0 Å². The zero-order valence-corrected chi connectivity index (χ0v) is 19.9. The molecular formula is C28H29NO5. The molecule has 176 valence electrons.